The maximum atomic E-state index is 11.9. The Labute approximate surface area is 99.6 Å². The molecule has 2 aliphatic rings. The zero-order valence-corrected chi connectivity index (χ0v) is 9.43. The lowest BCUT2D eigenvalue weighted by Gasteiger charge is -2.33. The number of hydrogen-bond donors (Lipinski definition) is 1. The molecule has 4 nitrogen and oxygen atoms in total. The summed E-state index contributed by atoms with van der Waals surface area (Å²) in [6.07, 6.45) is 1.63. The molecule has 88 valence electrons. The molecule has 2 fully saturated rings. The number of amides is 2. The van der Waals surface area contributed by atoms with Gasteiger partial charge < -0.3 is 10.2 Å². The Balaban J connectivity index is 1.93. The summed E-state index contributed by atoms with van der Waals surface area (Å²) in [5.74, 6) is 0.0176. The van der Waals surface area contributed by atoms with Gasteiger partial charge in [0.1, 0.15) is 6.04 Å². The third-order valence-corrected chi connectivity index (χ3v) is 3.57. The van der Waals surface area contributed by atoms with Crippen LogP contribution in [-0.4, -0.2) is 29.3 Å². The van der Waals surface area contributed by atoms with Crippen LogP contribution in [0.2, 0.25) is 0 Å². The maximum absolute atomic E-state index is 11.9. The van der Waals surface area contributed by atoms with Crippen LogP contribution in [0.1, 0.15) is 24.4 Å². The molecule has 0 aromatic heterocycles. The molecule has 1 N–H and O–H groups in total. The minimum absolute atomic E-state index is 0.0111. The molecule has 0 spiro atoms. The fourth-order valence-electron chi connectivity index (χ4n) is 2.79. The average molecular weight is 230 g/mol. The number of carbonyl (C=O) groups excluding carboxylic acids is 2. The van der Waals surface area contributed by atoms with Crippen molar-refractivity contribution >= 4 is 11.8 Å². The lowest BCUT2D eigenvalue weighted by atomic mass is 10.0. The number of benzene rings is 1. The Morgan fingerprint density at radius 1 is 1.06 bits per heavy atom. The summed E-state index contributed by atoms with van der Waals surface area (Å²) in [5, 5.41) is 2.65. The van der Waals surface area contributed by atoms with Crippen LogP contribution in [0.5, 0.6) is 0 Å². The summed E-state index contributed by atoms with van der Waals surface area (Å²) in [6, 6.07) is 9.75. The van der Waals surface area contributed by atoms with Gasteiger partial charge in [0.2, 0.25) is 11.8 Å². The van der Waals surface area contributed by atoms with E-state index in [1.54, 1.807) is 4.90 Å². The monoisotopic (exact) mass is 230 g/mol. The molecule has 0 bridgehead atoms. The highest BCUT2D eigenvalue weighted by molar-refractivity contribution is 5.95. The third kappa shape index (κ3) is 1.60. The summed E-state index contributed by atoms with van der Waals surface area (Å²) in [7, 11) is 0. The highest BCUT2D eigenvalue weighted by Crippen LogP contribution is 2.37. The van der Waals surface area contributed by atoms with Gasteiger partial charge in [-0.05, 0) is 18.4 Å². The van der Waals surface area contributed by atoms with E-state index in [4.69, 9.17) is 0 Å². The van der Waals surface area contributed by atoms with Gasteiger partial charge in [0, 0.05) is 0 Å². The van der Waals surface area contributed by atoms with Crippen molar-refractivity contribution in [3.05, 3.63) is 35.9 Å². The molecule has 0 aliphatic carbocycles. The van der Waals surface area contributed by atoms with Crippen LogP contribution in [-0.2, 0) is 9.59 Å². The first-order chi connectivity index (χ1) is 8.27. The molecule has 2 amide bonds. The van der Waals surface area contributed by atoms with E-state index in [2.05, 4.69) is 5.32 Å². The molecule has 3 rings (SSSR count). The summed E-state index contributed by atoms with van der Waals surface area (Å²) < 4.78 is 0. The Morgan fingerprint density at radius 3 is 2.53 bits per heavy atom. The molecule has 4 heteroatoms. The number of fused-ring (bicyclic) bond motifs is 1. The van der Waals surface area contributed by atoms with Gasteiger partial charge in [-0.2, -0.15) is 0 Å². The lowest BCUT2D eigenvalue weighted by Crippen LogP contribution is -2.55. The van der Waals surface area contributed by atoms with Crippen molar-refractivity contribution in [1.29, 1.82) is 0 Å². The first-order valence-electron chi connectivity index (χ1n) is 5.91. The van der Waals surface area contributed by atoms with Gasteiger partial charge in [-0.1, -0.05) is 30.3 Å². The van der Waals surface area contributed by atoms with Crippen molar-refractivity contribution in [1.82, 2.24) is 10.2 Å². The molecule has 2 atom stereocenters. The van der Waals surface area contributed by atoms with Crippen LogP contribution in [0.4, 0.5) is 0 Å². The van der Waals surface area contributed by atoms with E-state index in [0.29, 0.717) is 0 Å². The van der Waals surface area contributed by atoms with Crippen molar-refractivity contribution in [3.63, 3.8) is 0 Å². The van der Waals surface area contributed by atoms with Gasteiger partial charge in [0.05, 0.1) is 12.6 Å². The van der Waals surface area contributed by atoms with Gasteiger partial charge in [-0.25, -0.2) is 0 Å². The molecule has 17 heavy (non-hydrogen) atoms. The van der Waals surface area contributed by atoms with Crippen LogP contribution in [0.15, 0.2) is 30.3 Å². The van der Waals surface area contributed by atoms with E-state index in [1.807, 2.05) is 30.3 Å². The second-order valence-electron chi connectivity index (χ2n) is 4.54. The van der Waals surface area contributed by atoms with Crippen molar-refractivity contribution in [2.45, 2.75) is 24.9 Å². The second kappa shape index (κ2) is 3.87. The van der Waals surface area contributed by atoms with E-state index in [0.717, 1.165) is 18.4 Å². The van der Waals surface area contributed by atoms with Crippen LogP contribution < -0.4 is 5.32 Å². The third-order valence-electron chi connectivity index (χ3n) is 3.57. The molecule has 0 unspecified atom stereocenters. The van der Waals surface area contributed by atoms with E-state index >= 15 is 0 Å². The van der Waals surface area contributed by atoms with Crippen molar-refractivity contribution in [2.24, 2.45) is 0 Å². The fraction of sp³-hybridized carbons (Fsp3) is 0.385. The minimum atomic E-state index is -0.263. The Kier molecular flexibility index (Phi) is 2.35. The first kappa shape index (κ1) is 10.3. The van der Waals surface area contributed by atoms with Crippen molar-refractivity contribution < 1.29 is 9.59 Å². The number of carbonyl (C=O) groups is 2. The van der Waals surface area contributed by atoms with E-state index in [1.165, 1.54) is 0 Å². The second-order valence-corrected chi connectivity index (χ2v) is 4.54. The van der Waals surface area contributed by atoms with Gasteiger partial charge in [0.25, 0.3) is 0 Å². The van der Waals surface area contributed by atoms with Gasteiger partial charge >= 0.3 is 0 Å². The quantitative estimate of drug-likeness (QED) is 0.777. The topological polar surface area (TPSA) is 49.4 Å². The molecule has 0 saturated carbocycles. The largest absolute Gasteiger partial charge is 0.345 e. The molecule has 2 aliphatic heterocycles. The Morgan fingerprint density at radius 2 is 1.76 bits per heavy atom. The van der Waals surface area contributed by atoms with Crippen LogP contribution in [0.25, 0.3) is 0 Å². The fourth-order valence-corrected chi connectivity index (χ4v) is 2.79. The Bertz CT molecular complexity index is 458. The maximum Gasteiger partial charge on any atom is 0.243 e. The van der Waals surface area contributed by atoms with Crippen molar-refractivity contribution in [3.8, 4) is 0 Å². The zero-order chi connectivity index (χ0) is 11.8. The predicted octanol–water partition coefficient (Wildman–Crippen LogP) is 0.848. The van der Waals surface area contributed by atoms with Crippen LogP contribution >= 0.6 is 0 Å². The number of nitrogens with one attached hydrogen (secondary N) is 1. The molecule has 1 aromatic rings. The highest BCUT2D eigenvalue weighted by atomic mass is 16.2. The SMILES string of the molecule is O=C1NCC(=O)N2[C@H]1CC[C@H]2c1ccccc1. The molecule has 2 heterocycles. The molecule has 0 radical (unpaired) electrons. The summed E-state index contributed by atoms with van der Waals surface area (Å²) in [4.78, 5) is 25.4. The Hall–Kier alpha value is -1.84. The highest BCUT2D eigenvalue weighted by Gasteiger charge is 2.43. The zero-order valence-electron chi connectivity index (χ0n) is 9.43. The average Bonchev–Trinajstić information content (AvgIpc) is 2.81. The summed E-state index contributed by atoms with van der Waals surface area (Å²) in [5.41, 5.74) is 1.12. The smallest absolute Gasteiger partial charge is 0.243 e. The summed E-state index contributed by atoms with van der Waals surface area (Å²) in [6.45, 7) is 0.138. The van der Waals surface area contributed by atoms with Gasteiger partial charge in [0.15, 0.2) is 0 Å². The van der Waals surface area contributed by atoms with Crippen molar-refractivity contribution in [2.75, 3.05) is 6.54 Å². The normalized spacial score (nSPS) is 27.9. The number of rotatable bonds is 1. The number of hydrogen-bond acceptors (Lipinski definition) is 2. The van der Waals surface area contributed by atoms with Gasteiger partial charge in [-0.15, -0.1) is 0 Å². The standard InChI is InChI=1S/C13H14N2O2/c16-12-8-14-13(17)11-7-6-10(15(11)12)9-4-2-1-3-5-9/h1-5,10-11H,6-8H2,(H,14,17)/t10-,11-/m0/s1. The molecule has 2 saturated heterocycles. The number of piperazine rings is 1. The molecule has 1 aromatic carbocycles. The predicted molar refractivity (Wildman–Crippen MR) is 62.1 cm³/mol. The minimum Gasteiger partial charge on any atom is -0.345 e. The van der Waals surface area contributed by atoms with E-state index in [-0.39, 0.29) is 30.4 Å². The van der Waals surface area contributed by atoms with E-state index in [9.17, 15) is 9.59 Å². The number of nitrogens with zero attached hydrogens (tertiary/aromatic N) is 1. The van der Waals surface area contributed by atoms with Crippen LogP contribution in [0, 0.1) is 0 Å². The lowest BCUT2D eigenvalue weighted by molar-refractivity contribution is -0.145. The van der Waals surface area contributed by atoms with Gasteiger partial charge in [-0.3, -0.25) is 9.59 Å². The molecular formula is C13H14N2O2. The van der Waals surface area contributed by atoms with E-state index < -0.39 is 0 Å². The summed E-state index contributed by atoms with van der Waals surface area (Å²) >= 11 is 0. The van der Waals surface area contributed by atoms with Crippen LogP contribution in [0.3, 0.4) is 0 Å². The first-order valence-corrected chi connectivity index (χ1v) is 5.91. The molecular weight excluding hydrogens is 216 g/mol.